The Bertz CT molecular complexity index is 548. The molecule has 0 N–H and O–H groups in total. The molecule has 0 fully saturated rings. The van der Waals surface area contributed by atoms with Crippen LogP contribution in [0.15, 0.2) is 18.2 Å². The van der Waals surface area contributed by atoms with E-state index in [2.05, 4.69) is 0 Å². The third-order valence-corrected chi connectivity index (χ3v) is 4.33. The molecule has 6 heteroatoms. The summed E-state index contributed by atoms with van der Waals surface area (Å²) in [6.45, 7) is 3.03. The molecule has 1 rings (SSSR count). The van der Waals surface area contributed by atoms with Gasteiger partial charge in [-0.25, -0.2) is 8.42 Å². The van der Waals surface area contributed by atoms with Gasteiger partial charge in [-0.05, 0) is 19.1 Å². The van der Waals surface area contributed by atoms with Gasteiger partial charge in [-0.3, -0.25) is 4.79 Å². The smallest absolute Gasteiger partial charge is 0.163 e. The summed E-state index contributed by atoms with van der Waals surface area (Å²) in [5.41, 5.74) is 0.412. The molecular weight excluding hydrogens is 268 g/mol. The third-order valence-electron chi connectivity index (χ3n) is 2.66. The molecule has 19 heavy (non-hydrogen) atoms. The highest BCUT2D eigenvalue weighted by Crippen LogP contribution is 2.25. The Balaban J connectivity index is 2.84. The maximum atomic E-state index is 11.4. The summed E-state index contributed by atoms with van der Waals surface area (Å²) >= 11 is 0. The lowest BCUT2D eigenvalue weighted by Gasteiger charge is -2.11. The number of hydrogen-bond acceptors (Lipinski definition) is 5. The van der Waals surface area contributed by atoms with E-state index in [4.69, 9.17) is 9.47 Å². The predicted octanol–water partition coefficient (Wildman–Crippen LogP) is 1.71. The van der Waals surface area contributed by atoms with Crippen molar-refractivity contribution >= 4 is 15.6 Å². The zero-order valence-electron chi connectivity index (χ0n) is 11.3. The second-order valence-electron chi connectivity index (χ2n) is 4.00. The Hall–Kier alpha value is -1.56. The minimum absolute atomic E-state index is 0.0175. The van der Waals surface area contributed by atoms with Crippen LogP contribution in [-0.4, -0.2) is 39.4 Å². The second-order valence-corrected chi connectivity index (χ2v) is 6.48. The van der Waals surface area contributed by atoms with Gasteiger partial charge >= 0.3 is 0 Å². The number of benzene rings is 1. The first-order chi connectivity index (χ1) is 8.89. The number of carbonyl (C=O) groups excluding carboxylic acids is 1. The first kappa shape index (κ1) is 15.5. The molecule has 0 bridgehead atoms. The first-order valence-corrected chi connectivity index (χ1v) is 7.74. The number of carbonyl (C=O) groups is 1. The summed E-state index contributed by atoms with van der Waals surface area (Å²) in [5.74, 6) is 0.763. The van der Waals surface area contributed by atoms with Gasteiger partial charge in [0.15, 0.2) is 15.6 Å². The largest absolute Gasteiger partial charge is 0.497 e. The number of Topliss-reactive ketones (excluding diaryl/α,β-unsaturated/α-hetero) is 1. The molecule has 106 valence electrons. The number of ketones is 1. The van der Waals surface area contributed by atoms with Gasteiger partial charge in [0.05, 0.1) is 18.4 Å². The quantitative estimate of drug-likeness (QED) is 0.714. The average Bonchev–Trinajstić information content (AvgIpc) is 2.38. The normalized spacial score (nSPS) is 11.1. The standard InChI is InChI=1S/C13H18O5S/c1-4-19(15,16)8-7-18-13-9-11(17-3)5-6-12(13)10(2)14/h5-6,9H,4,7-8H2,1-3H3. The van der Waals surface area contributed by atoms with Crippen LogP contribution >= 0.6 is 0 Å². The lowest BCUT2D eigenvalue weighted by atomic mass is 10.1. The van der Waals surface area contributed by atoms with Gasteiger partial charge in [0.25, 0.3) is 0 Å². The van der Waals surface area contributed by atoms with Crippen molar-refractivity contribution < 1.29 is 22.7 Å². The van der Waals surface area contributed by atoms with Crippen molar-refractivity contribution in [3.8, 4) is 11.5 Å². The maximum absolute atomic E-state index is 11.4. The molecule has 0 spiro atoms. The van der Waals surface area contributed by atoms with Crippen molar-refractivity contribution in [1.82, 2.24) is 0 Å². The van der Waals surface area contributed by atoms with E-state index in [0.717, 1.165) is 0 Å². The van der Waals surface area contributed by atoms with Crippen molar-refractivity contribution in [1.29, 1.82) is 0 Å². The van der Waals surface area contributed by atoms with Crippen LogP contribution in [0.4, 0.5) is 0 Å². The van der Waals surface area contributed by atoms with Crippen LogP contribution in [0.3, 0.4) is 0 Å². The maximum Gasteiger partial charge on any atom is 0.163 e. The van der Waals surface area contributed by atoms with Crippen LogP contribution in [0.5, 0.6) is 11.5 Å². The van der Waals surface area contributed by atoms with Crippen molar-refractivity contribution in [3.05, 3.63) is 23.8 Å². The third kappa shape index (κ3) is 4.55. The molecule has 1 aromatic rings. The molecule has 0 heterocycles. The highest BCUT2D eigenvalue weighted by molar-refractivity contribution is 7.91. The summed E-state index contributed by atoms with van der Waals surface area (Å²) in [7, 11) is -1.57. The van der Waals surface area contributed by atoms with Crippen molar-refractivity contribution in [3.63, 3.8) is 0 Å². The molecule has 5 nitrogen and oxygen atoms in total. The highest BCUT2D eigenvalue weighted by atomic mass is 32.2. The second kappa shape index (κ2) is 6.56. The Morgan fingerprint density at radius 1 is 1.32 bits per heavy atom. The monoisotopic (exact) mass is 286 g/mol. The van der Waals surface area contributed by atoms with Gasteiger partial charge in [0, 0.05) is 11.8 Å². The molecule has 0 radical (unpaired) electrons. The highest BCUT2D eigenvalue weighted by Gasteiger charge is 2.12. The molecule has 0 unspecified atom stereocenters. The Labute approximate surface area is 113 Å². The zero-order chi connectivity index (χ0) is 14.5. The Morgan fingerprint density at radius 2 is 2.00 bits per heavy atom. The summed E-state index contributed by atoms with van der Waals surface area (Å²) < 4.78 is 33.2. The van der Waals surface area contributed by atoms with Crippen LogP contribution in [0.2, 0.25) is 0 Å². The molecule has 1 aromatic carbocycles. The van der Waals surface area contributed by atoms with Crippen LogP contribution in [0.1, 0.15) is 24.2 Å². The number of methoxy groups -OCH3 is 1. The molecule has 0 saturated carbocycles. The van der Waals surface area contributed by atoms with E-state index < -0.39 is 9.84 Å². The van der Waals surface area contributed by atoms with Crippen LogP contribution in [-0.2, 0) is 9.84 Å². The minimum atomic E-state index is -3.08. The minimum Gasteiger partial charge on any atom is -0.497 e. The molecule has 0 amide bonds. The van der Waals surface area contributed by atoms with Crippen LogP contribution in [0.25, 0.3) is 0 Å². The molecule has 0 aromatic heterocycles. The SMILES string of the molecule is CCS(=O)(=O)CCOc1cc(OC)ccc1C(C)=O. The number of rotatable bonds is 7. The van der Waals surface area contributed by atoms with Gasteiger partial charge in [0.1, 0.15) is 18.1 Å². The van der Waals surface area contributed by atoms with E-state index in [1.54, 1.807) is 25.1 Å². The van der Waals surface area contributed by atoms with E-state index in [0.29, 0.717) is 17.1 Å². The Morgan fingerprint density at radius 3 is 2.53 bits per heavy atom. The molecule has 0 aliphatic carbocycles. The van der Waals surface area contributed by atoms with E-state index in [1.807, 2.05) is 0 Å². The fraction of sp³-hybridized carbons (Fsp3) is 0.462. The van der Waals surface area contributed by atoms with Crippen molar-refractivity contribution in [2.24, 2.45) is 0 Å². The molecule has 0 aliphatic rings. The molecule has 0 atom stereocenters. The average molecular weight is 286 g/mol. The number of sulfone groups is 1. The van der Waals surface area contributed by atoms with Crippen molar-refractivity contribution in [2.75, 3.05) is 25.2 Å². The topological polar surface area (TPSA) is 69.7 Å². The van der Waals surface area contributed by atoms with Gasteiger partial charge in [-0.15, -0.1) is 0 Å². The first-order valence-electron chi connectivity index (χ1n) is 5.92. The van der Waals surface area contributed by atoms with Crippen LogP contribution in [0, 0.1) is 0 Å². The summed E-state index contributed by atoms with van der Waals surface area (Å²) in [5, 5.41) is 0. The van der Waals surface area contributed by atoms with Gasteiger partial charge in [-0.2, -0.15) is 0 Å². The predicted molar refractivity (Wildman–Crippen MR) is 72.8 cm³/mol. The van der Waals surface area contributed by atoms with Gasteiger partial charge in [-0.1, -0.05) is 6.92 Å². The molecule has 0 saturated heterocycles. The van der Waals surface area contributed by atoms with E-state index >= 15 is 0 Å². The van der Waals surface area contributed by atoms with Crippen molar-refractivity contribution in [2.45, 2.75) is 13.8 Å². The van der Waals surface area contributed by atoms with E-state index in [-0.39, 0.29) is 23.9 Å². The van der Waals surface area contributed by atoms with Crippen LogP contribution < -0.4 is 9.47 Å². The van der Waals surface area contributed by atoms with E-state index in [9.17, 15) is 13.2 Å². The van der Waals surface area contributed by atoms with Gasteiger partial charge in [0.2, 0.25) is 0 Å². The fourth-order valence-corrected chi connectivity index (χ4v) is 2.09. The van der Waals surface area contributed by atoms with Gasteiger partial charge < -0.3 is 9.47 Å². The fourth-order valence-electron chi connectivity index (χ4n) is 1.46. The molecular formula is C13H18O5S. The summed E-state index contributed by atoms with van der Waals surface area (Å²) in [6.07, 6.45) is 0. The van der Waals surface area contributed by atoms with E-state index in [1.165, 1.54) is 14.0 Å². The molecule has 0 aliphatic heterocycles. The summed E-state index contributed by atoms with van der Waals surface area (Å²) in [6, 6.07) is 4.84. The lowest BCUT2D eigenvalue weighted by molar-refractivity contribution is 0.101. The Kier molecular flexibility index (Phi) is 5.35. The zero-order valence-corrected chi connectivity index (χ0v) is 12.1. The lowest BCUT2D eigenvalue weighted by Crippen LogP contribution is -2.16. The summed E-state index contributed by atoms with van der Waals surface area (Å²) in [4.78, 5) is 11.4. The number of hydrogen-bond donors (Lipinski definition) is 0. The number of ether oxygens (including phenoxy) is 2.